The SMILES string of the molecule is CO[C@@H]1OC(CO)[C@@H](O[C@@H]2OC(CO)[C@H](O)C(NC(=O)OCc3ccccc3)C2O)C(O)C1NC(C)=O. The van der Waals surface area contributed by atoms with Crippen molar-refractivity contribution in [2.75, 3.05) is 20.3 Å². The highest BCUT2D eigenvalue weighted by molar-refractivity contribution is 5.73. The maximum absolute atomic E-state index is 12.4. The van der Waals surface area contributed by atoms with Crippen molar-refractivity contribution in [1.82, 2.24) is 10.6 Å². The summed E-state index contributed by atoms with van der Waals surface area (Å²) in [6, 6.07) is 6.33. The maximum Gasteiger partial charge on any atom is 0.407 e. The lowest BCUT2D eigenvalue weighted by molar-refractivity contribution is -0.336. The second-order valence-corrected chi connectivity index (χ2v) is 8.72. The molecule has 2 aliphatic heterocycles. The van der Waals surface area contributed by atoms with Crippen molar-refractivity contribution in [1.29, 1.82) is 0 Å². The Labute approximate surface area is 213 Å². The molecule has 14 heteroatoms. The van der Waals surface area contributed by atoms with Gasteiger partial charge in [0.1, 0.15) is 49.3 Å². The molecule has 0 aromatic heterocycles. The Hall–Kier alpha value is -2.40. The minimum atomic E-state index is -1.70. The fourth-order valence-corrected chi connectivity index (χ4v) is 4.25. The van der Waals surface area contributed by atoms with E-state index in [1.165, 1.54) is 14.0 Å². The first-order valence-corrected chi connectivity index (χ1v) is 11.7. The first-order chi connectivity index (χ1) is 17.7. The van der Waals surface area contributed by atoms with Crippen molar-refractivity contribution in [3.63, 3.8) is 0 Å². The molecular formula is C23H34N2O12. The fourth-order valence-electron chi connectivity index (χ4n) is 4.25. The predicted molar refractivity (Wildman–Crippen MR) is 123 cm³/mol. The molecule has 10 atom stereocenters. The highest BCUT2D eigenvalue weighted by Crippen LogP contribution is 2.29. The molecule has 2 saturated heterocycles. The third-order valence-corrected chi connectivity index (χ3v) is 6.13. The Bertz CT molecular complexity index is 877. The zero-order chi connectivity index (χ0) is 27.1. The summed E-state index contributed by atoms with van der Waals surface area (Å²) in [4.78, 5) is 24.0. The molecule has 2 aliphatic rings. The van der Waals surface area contributed by atoms with E-state index in [9.17, 15) is 35.1 Å². The van der Waals surface area contributed by atoms with Gasteiger partial charge in [0.2, 0.25) is 5.91 Å². The number of nitrogens with one attached hydrogen (secondary N) is 2. The molecule has 2 heterocycles. The average Bonchev–Trinajstić information content (AvgIpc) is 2.89. The van der Waals surface area contributed by atoms with Crippen LogP contribution in [0.4, 0.5) is 4.79 Å². The number of benzene rings is 1. The van der Waals surface area contributed by atoms with E-state index in [1.54, 1.807) is 30.3 Å². The van der Waals surface area contributed by atoms with Crippen LogP contribution in [-0.4, -0.2) is 119 Å². The zero-order valence-corrected chi connectivity index (χ0v) is 20.4. The fraction of sp³-hybridized carbons (Fsp3) is 0.652. The van der Waals surface area contributed by atoms with E-state index in [4.69, 9.17) is 23.7 Å². The van der Waals surface area contributed by atoms with Crippen LogP contribution in [-0.2, 0) is 35.1 Å². The molecule has 0 radical (unpaired) electrons. The van der Waals surface area contributed by atoms with Crippen molar-refractivity contribution in [3.05, 3.63) is 35.9 Å². The number of carbonyl (C=O) groups excluding carboxylic acids is 2. The van der Waals surface area contributed by atoms with E-state index in [1.807, 2.05) is 0 Å². The van der Waals surface area contributed by atoms with Gasteiger partial charge in [-0.05, 0) is 5.56 Å². The summed E-state index contributed by atoms with van der Waals surface area (Å²) in [7, 11) is 1.29. The molecule has 0 saturated carbocycles. The number of methoxy groups -OCH3 is 1. The molecule has 2 amide bonds. The Morgan fingerprint density at radius 2 is 1.54 bits per heavy atom. The minimum Gasteiger partial charge on any atom is -0.445 e. The van der Waals surface area contributed by atoms with Gasteiger partial charge in [-0.15, -0.1) is 0 Å². The summed E-state index contributed by atoms with van der Waals surface area (Å²) >= 11 is 0. The van der Waals surface area contributed by atoms with E-state index >= 15 is 0 Å². The van der Waals surface area contributed by atoms with Crippen molar-refractivity contribution in [2.45, 2.75) is 74.8 Å². The van der Waals surface area contributed by atoms with Gasteiger partial charge < -0.3 is 59.9 Å². The zero-order valence-electron chi connectivity index (χ0n) is 20.4. The normalized spacial score (nSPS) is 36.0. The third kappa shape index (κ3) is 7.13. The quantitative estimate of drug-likeness (QED) is 0.175. The lowest BCUT2D eigenvalue weighted by atomic mass is 9.94. The van der Waals surface area contributed by atoms with Gasteiger partial charge in [0.05, 0.1) is 19.3 Å². The number of amides is 2. The first-order valence-electron chi connectivity index (χ1n) is 11.7. The summed E-state index contributed by atoms with van der Waals surface area (Å²) in [6.07, 6.45) is -12.2. The van der Waals surface area contributed by atoms with Crippen LogP contribution in [0.1, 0.15) is 12.5 Å². The van der Waals surface area contributed by atoms with Gasteiger partial charge in [-0.2, -0.15) is 0 Å². The van der Waals surface area contributed by atoms with Crippen LogP contribution in [0, 0.1) is 0 Å². The molecule has 1 aromatic carbocycles. The lowest BCUT2D eigenvalue weighted by Crippen LogP contribution is -2.69. The summed E-state index contributed by atoms with van der Waals surface area (Å²) < 4.78 is 27.1. The van der Waals surface area contributed by atoms with Gasteiger partial charge in [0.25, 0.3) is 0 Å². The highest BCUT2D eigenvalue weighted by atomic mass is 16.7. The molecule has 208 valence electrons. The largest absolute Gasteiger partial charge is 0.445 e. The summed E-state index contributed by atoms with van der Waals surface area (Å²) in [5.41, 5.74) is 0.713. The van der Waals surface area contributed by atoms with Crippen molar-refractivity contribution >= 4 is 12.0 Å². The Morgan fingerprint density at radius 1 is 0.892 bits per heavy atom. The average molecular weight is 531 g/mol. The lowest BCUT2D eigenvalue weighted by Gasteiger charge is -2.47. The van der Waals surface area contributed by atoms with Crippen LogP contribution in [0.25, 0.3) is 0 Å². The Morgan fingerprint density at radius 3 is 2.14 bits per heavy atom. The van der Waals surface area contributed by atoms with Gasteiger partial charge >= 0.3 is 6.09 Å². The topological polar surface area (TPSA) is 205 Å². The highest BCUT2D eigenvalue weighted by Gasteiger charge is 2.51. The van der Waals surface area contributed by atoms with Crippen LogP contribution in [0.3, 0.4) is 0 Å². The van der Waals surface area contributed by atoms with Crippen molar-refractivity contribution in [2.24, 2.45) is 0 Å². The van der Waals surface area contributed by atoms with Crippen LogP contribution < -0.4 is 10.6 Å². The summed E-state index contributed by atoms with van der Waals surface area (Å²) in [6.45, 7) is -0.169. The van der Waals surface area contributed by atoms with Crippen LogP contribution in [0.5, 0.6) is 0 Å². The minimum absolute atomic E-state index is 0.0690. The van der Waals surface area contributed by atoms with E-state index < -0.39 is 86.5 Å². The maximum atomic E-state index is 12.4. The number of ether oxygens (including phenoxy) is 5. The van der Waals surface area contributed by atoms with Crippen LogP contribution >= 0.6 is 0 Å². The van der Waals surface area contributed by atoms with Gasteiger partial charge in [-0.3, -0.25) is 4.79 Å². The molecule has 6 unspecified atom stereocenters. The Kier molecular flexibility index (Phi) is 10.6. The third-order valence-electron chi connectivity index (χ3n) is 6.13. The number of aliphatic hydroxyl groups is 5. The van der Waals surface area contributed by atoms with Crippen molar-refractivity contribution < 1.29 is 58.8 Å². The molecule has 14 nitrogen and oxygen atoms in total. The number of aliphatic hydroxyl groups excluding tert-OH is 5. The number of hydrogen-bond acceptors (Lipinski definition) is 12. The summed E-state index contributed by atoms with van der Waals surface area (Å²) in [5, 5.41) is 56.7. The van der Waals surface area contributed by atoms with E-state index in [-0.39, 0.29) is 6.61 Å². The second-order valence-electron chi connectivity index (χ2n) is 8.72. The molecular weight excluding hydrogens is 496 g/mol. The van der Waals surface area contributed by atoms with Crippen molar-refractivity contribution in [3.8, 4) is 0 Å². The van der Waals surface area contributed by atoms with E-state index in [0.29, 0.717) is 5.56 Å². The molecule has 0 aliphatic carbocycles. The van der Waals surface area contributed by atoms with E-state index in [2.05, 4.69) is 10.6 Å². The molecule has 2 fully saturated rings. The van der Waals surface area contributed by atoms with Gasteiger partial charge in [0, 0.05) is 14.0 Å². The number of alkyl carbamates (subject to hydrolysis) is 1. The van der Waals surface area contributed by atoms with Gasteiger partial charge in [-0.1, -0.05) is 30.3 Å². The summed E-state index contributed by atoms with van der Waals surface area (Å²) in [5.74, 6) is -0.494. The molecule has 7 N–H and O–H groups in total. The van der Waals surface area contributed by atoms with Crippen LogP contribution in [0.2, 0.25) is 0 Å². The van der Waals surface area contributed by atoms with E-state index in [0.717, 1.165) is 0 Å². The molecule has 3 rings (SSSR count). The number of hydrogen-bond donors (Lipinski definition) is 7. The molecule has 0 spiro atoms. The molecule has 1 aromatic rings. The Balaban J connectivity index is 1.73. The first kappa shape index (κ1) is 29.2. The van der Waals surface area contributed by atoms with Gasteiger partial charge in [0.15, 0.2) is 12.6 Å². The smallest absolute Gasteiger partial charge is 0.407 e. The van der Waals surface area contributed by atoms with Gasteiger partial charge in [-0.25, -0.2) is 4.79 Å². The number of rotatable bonds is 9. The molecule has 37 heavy (non-hydrogen) atoms. The second kappa shape index (κ2) is 13.4. The monoisotopic (exact) mass is 530 g/mol. The number of carbonyl (C=O) groups is 2. The molecule has 0 bridgehead atoms. The van der Waals surface area contributed by atoms with Crippen LogP contribution in [0.15, 0.2) is 30.3 Å². The predicted octanol–water partition coefficient (Wildman–Crippen LogP) is -2.67. The standard InChI is InChI=1S/C23H34N2O12/c1-11(28)24-16-18(30)20(14(9-27)36-21(16)33-2)37-22-19(31)15(17(29)13(8-26)35-22)25-23(32)34-10-12-6-4-3-5-7-12/h3-7,13-22,26-27,29-31H,8-10H2,1-2H3,(H,24,28)(H,25,32)/t13?,14?,15?,16?,17-,18?,19?,20+,21+,22-/m0/s1.